The van der Waals surface area contributed by atoms with Crippen LogP contribution in [-0.2, 0) is 14.3 Å². The van der Waals surface area contributed by atoms with Crippen molar-refractivity contribution >= 4 is 18.1 Å². The fraction of sp³-hybridized carbons (Fsp3) is 0.429. The number of anilines is 1. The molecule has 0 bridgehead atoms. The zero-order chi connectivity index (χ0) is 28.7. The molecule has 12 nitrogen and oxygen atoms in total. The Bertz CT molecular complexity index is 1400. The van der Waals surface area contributed by atoms with Crippen molar-refractivity contribution in [3.8, 4) is 28.7 Å². The molecule has 3 aromatic rings. The van der Waals surface area contributed by atoms with Gasteiger partial charge < -0.3 is 25.1 Å². The van der Waals surface area contributed by atoms with Crippen molar-refractivity contribution in [1.29, 1.82) is 5.26 Å². The van der Waals surface area contributed by atoms with Crippen LogP contribution in [0.2, 0.25) is 0 Å². The highest BCUT2D eigenvalue weighted by atomic mass is 19.1. The van der Waals surface area contributed by atoms with Crippen molar-refractivity contribution in [3.05, 3.63) is 48.2 Å². The Labute approximate surface area is 237 Å². The smallest absolute Gasteiger partial charge is 0.230 e. The van der Waals surface area contributed by atoms with Crippen LogP contribution in [0.5, 0.6) is 0 Å². The molecule has 0 saturated carbocycles. The first-order valence-corrected chi connectivity index (χ1v) is 13.5. The second-order valence-electron chi connectivity index (χ2n) is 10.2. The standard InChI is InChI=1S/C28H32FN9O3/c1-28(26(39)32-10-2-9-30)16-40-25(41-17-28)24-36-22(19-4-6-20(29)7-5-19)23(37-24)21-8-12-34-27(35-21)33-11-3-14-38-15-13-31-18-38/h4-8,12-13,25H,2-3,10-11,14-18H2,1H3,(H,32,39)(H,36,37)(H,33,34,35). The van der Waals surface area contributed by atoms with E-state index in [0.29, 0.717) is 41.0 Å². The number of nitrogens with one attached hydrogen (secondary N) is 3. The number of H-pyrrole nitrogens is 1. The van der Waals surface area contributed by atoms with E-state index in [1.54, 1.807) is 31.3 Å². The third kappa shape index (κ3) is 6.91. The zero-order valence-corrected chi connectivity index (χ0v) is 22.8. The van der Waals surface area contributed by atoms with Gasteiger partial charge in [0.25, 0.3) is 0 Å². The number of amides is 1. The van der Waals surface area contributed by atoms with Crippen LogP contribution in [0.15, 0.2) is 41.5 Å². The maximum atomic E-state index is 13.7. The highest BCUT2D eigenvalue weighted by Gasteiger charge is 2.40. The number of nitriles is 1. The molecular formula is C28H32FN9O3. The lowest BCUT2D eigenvalue weighted by Crippen LogP contribution is -2.48. The number of aliphatic imine (C=N–C) groups is 1. The largest absolute Gasteiger partial charge is 0.354 e. The van der Waals surface area contributed by atoms with E-state index in [1.165, 1.54) is 12.1 Å². The summed E-state index contributed by atoms with van der Waals surface area (Å²) in [5.41, 5.74) is 1.51. The molecule has 1 amide bonds. The predicted molar refractivity (Wildman–Crippen MR) is 149 cm³/mol. The zero-order valence-electron chi connectivity index (χ0n) is 22.8. The van der Waals surface area contributed by atoms with Crippen LogP contribution in [0.3, 0.4) is 0 Å². The molecule has 13 heteroatoms. The van der Waals surface area contributed by atoms with Crippen LogP contribution in [-0.4, -0.2) is 83.0 Å². The Balaban J connectivity index is 1.32. The Morgan fingerprint density at radius 1 is 1.22 bits per heavy atom. The fourth-order valence-electron chi connectivity index (χ4n) is 4.50. The van der Waals surface area contributed by atoms with Gasteiger partial charge in [0.05, 0.1) is 54.9 Å². The molecule has 2 aromatic heterocycles. The summed E-state index contributed by atoms with van der Waals surface area (Å²) in [7, 11) is 0. The third-order valence-corrected chi connectivity index (χ3v) is 6.84. The molecule has 0 atom stereocenters. The summed E-state index contributed by atoms with van der Waals surface area (Å²) >= 11 is 0. The number of ether oxygens (including phenoxy) is 2. The number of aromatic amines is 1. The van der Waals surface area contributed by atoms with Crippen LogP contribution >= 0.6 is 0 Å². The second-order valence-corrected chi connectivity index (χ2v) is 10.2. The van der Waals surface area contributed by atoms with Crippen LogP contribution in [0.4, 0.5) is 10.3 Å². The third-order valence-electron chi connectivity index (χ3n) is 6.84. The van der Waals surface area contributed by atoms with E-state index < -0.39 is 11.7 Å². The minimum absolute atomic E-state index is 0.100. The minimum Gasteiger partial charge on any atom is -0.354 e. The van der Waals surface area contributed by atoms with Gasteiger partial charge in [0, 0.05) is 44.2 Å². The topological polar surface area (TPSA) is 153 Å². The highest BCUT2D eigenvalue weighted by Crippen LogP contribution is 2.35. The normalized spacial score (nSPS) is 20.6. The lowest BCUT2D eigenvalue weighted by atomic mass is 9.91. The Morgan fingerprint density at radius 2 is 2.02 bits per heavy atom. The van der Waals surface area contributed by atoms with Gasteiger partial charge >= 0.3 is 0 Å². The summed E-state index contributed by atoms with van der Waals surface area (Å²) in [5, 5.41) is 14.7. The molecule has 2 aliphatic heterocycles. The highest BCUT2D eigenvalue weighted by molar-refractivity contribution is 5.82. The number of aromatic nitrogens is 4. The molecule has 1 fully saturated rings. The average Bonchev–Trinajstić information content (AvgIpc) is 3.67. The number of carbonyl (C=O) groups is 1. The summed E-state index contributed by atoms with van der Waals surface area (Å²) < 4.78 is 25.6. The van der Waals surface area contributed by atoms with E-state index in [4.69, 9.17) is 24.7 Å². The number of imidazole rings is 1. The van der Waals surface area contributed by atoms with Crippen LogP contribution in [0, 0.1) is 22.6 Å². The maximum Gasteiger partial charge on any atom is 0.230 e. The Morgan fingerprint density at radius 3 is 2.76 bits per heavy atom. The number of hydrogen-bond acceptors (Lipinski definition) is 10. The summed E-state index contributed by atoms with van der Waals surface area (Å²) in [5.74, 6) is 0.274. The first kappa shape index (κ1) is 28.3. The monoisotopic (exact) mass is 561 g/mol. The quantitative estimate of drug-likeness (QED) is 0.300. The molecule has 5 rings (SSSR count). The molecule has 0 aliphatic carbocycles. The van der Waals surface area contributed by atoms with E-state index in [-0.39, 0.29) is 37.9 Å². The molecule has 0 radical (unpaired) electrons. The lowest BCUT2D eigenvalue weighted by Gasteiger charge is -2.35. The van der Waals surface area contributed by atoms with Crippen molar-refractivity contribution < 1.29 is 18.7 Å². The van der Waals surface area contributed by atoms with Gasteiger partial charge in [-0.05, 0) is 43.7 Å². The number of hydrogen-bond donors (Lipinski definition) is 3. The van der Waals surface area contributed by atoms with Gasteiger partial charge in [-0.25, -0.2) is 19.3 Å². The van der Waals surface area contributed by atoms with E-state index in [2.05, 4.69) is 30.5 Å². The van der Waals surface area contributed by atoms with E-state index >= 15 is 0 Å². The maximum absolute atomic E-state index is 13.7. The average molecular weight is 562 g/mol. The Kier molecular flexibility index (Phi) is 8.93. The van der Waals surface area contributed by atoms with Crippen molar-refractivity contribution in [3.63, 3.8) is 0 Å². The van der Waals surface area contributed by atoms with Crippen molar-refractivity contribution in [2.24, 2.45) is 10.4 Å². The van der Waals surface area contributed by atoms with Crippen LogP contribution in [0.1, 0.15) is 31.9 Å². The number of benzene rings is 1. The van der Waals surface area contributed by atoms with Gasteiger partial charge in [-0.3, -0.25) is 14.7 Å². The van der Waals surface area contributed by atoms with Gasteiger partial charge in [-0.2, -0.15) is 5.26 Å². The molecule has 2 aliphatic rings. The lowest BCUT2D eigenvalue weighted by molar-refractivity contribution is -0.231. The molecule has 3 N–H and O–H groups in total. The summed E-state index contributed by atoms with van der Waals surface area (Å²) in [6.07, 6.45) is 3.88. The molecule has 41 heavy (non-hydrogen) atoms. The van der Waals surface area contributed by atoms with E-state index in [9.17, 15) is 9.18 Å². The first-order valence-electron chi connectivity index (χ1n) is 13.5. The molecule has 0 spiro atoms. The molecule has 1 saturated heterocycles. The number of nitrogens with zero attached hydrogens (tertiary/aromatic N) is 6. The second kappa shape index (κ2) is 12.9. The predicted octanol–water partition coefficient (Wildman–Crippen LogP) is 2.90. The van der Waals surface area contributed by atoms with Gasteiger partial charge in [0.1, 0.15) is 5.82 Å². The summed E-state index contributed by atoms with van der Waals surface area (Å²) in [6.45, 7) is 5.45. The molecular weight excluding hydrogens is 529 g/mol. The van der Waals surface area contributed by atoms with Crippen molar-refractivity contribution in [2.75, 3.05) is 51.4 Å². The van der Waals surface area contributed by atoms with E-state index in [0.717, 1.165) is 26.2 Å². The van der Waals surface area contributed by atoms with Crippen LogP contribution in [0.25, 0.3) is 22.6 Å². The molecule has 1 aromatic carbocycles. The van der Waals surface area contributed by atoms with Gasteiger partial charge in [0.15, 0.2) is 5.82 Å². The van der Waals surface area contributed by atoms with Crippen molar-refractivity contribution in [2.45, 2.75) is 26.1 Å². The number of rotatable bonds is 11. The Hall–Kier alpha value is -4.25. The van der Waals surface area contributed by atoms with Crippen LogP contribution < -0.4 is 10.6 Å². The summed E-state index contributed by atoms with van der Waals surface area (Å²) in [4.78, 5) is 36.2. The number of carbonyl (C=O) groups excluding carboxylic acids is 1. The SMILES string of the molecule is CC1(C(=O)NCCC#N)COC(c2nc(-c3ccc(F)cc3)c(-c3ccnc(NCCCN4CC=NC4)n3)[nH]2)OC1. The van der Waals surface area contributed by atoms with Gasteiger partial charge in [-0.15, -0.1) is 0 Å². The van der Waals surface area contributed by atoms with Gasteiger partial charge in [-0.1, -0.05) is 0 Å². The molecule has 4 heterocycles. The first-order chi connectivity index (χ1) is 19.9. The number of halogens is 1. The van der Waals surface area contributed by atoms with Gasteiger partial charge in [0.2, 0.25) is 18.1 Å². The fourth-order valence-corrected chi connectivity index (χ4v) is 4.50. The van der Waals surface area contributed by atoms with Crippen molar-refractivity contribution in [1.82, 2.24) is 30.2 Å². The molecule has 0 unspecified atom stereocenters. The summed E-state index contributed by atoms with van der Waals surface area (Å²) in [6, 6.07) is 9.80. The molecule has 214 valence electrons. The minimum atomic E-state index is -0.907. The van der Waals surface area contributed by atoms with E-state index in [1.807, 2.05) is 12.3 Å².